The molecule has 2 aromatic heterocycles. The minimum atomic E-state index is 0.780. The number of nitrogens with zero attached hydrogens (tertiary/aromatic N) is 4. The summed E-state index contributed by atoms with van der Waals surface area (Å²) in [6.45, 7) is 4.81. The Hall–Kier alpha value is -1.89. The summed E-state index contributed by atoms with van der Waals surface area (Å²) in [6.07, 6.45) is 2.10. The van der Waals surface area contributed by atoms with Gasteiger partial charge in [0.1, 0.15) is 5.82 Å². The number of nitrogens with one attached hydrogen (secondary N) is 3. The van der Waals surface area contributed by atoms with E-state index >= 15 is 0 Å². The SMILES string of the molecule is C1CNc2nc(N3CCNCC3)nc3n[nH]c(c23)C1. The normalized spacial score (nSPS) is 19.3. The number of hydrogen-bond donors (Lipinski definition) is 3. The fourth-order valence-electron chi connectivity index (χ4n) is 2.76. The number of aromatic amines is 1. The van der Waals surface area contributed by atoms with Gasteiger partial charge in [0.2, 0.25) is 5.95 Å². The highest BCUT2D eigenvalue weighted by Crippen LogP contribution is 2.27. The molecule has 3 N–H and O–H groups in total. The van der Waals surface area contributed by atoms with E-state index in [0.29, 0.717) is 0 Å². The van der Waals surface area contributed by atoms with Crippen LogP contribution in [-0.2, 0) is 6.42 Å². The highest BCUT2D eigenvalue weighted by molar-refractivity contribution is 5.90. The van der Waals surface area contributed by atoms with Crippen LogP contribution in [0.5, 0.6) is 0 Å². The Morgan fingerprint density at radius 3 is 2.84 bits per heavy atom. The van der Waals surface area contributed by atoms with Crippen LogP contribution in [0.15, 0.2) is 0 Å². The molecule has 4 heterocycles. The Balaban J connectivity index is 1.82. The lowest BCUT2D eigenvalue weighted by molar-refractivity contribution is 0.580. The van der Waals surface area contributed by atoms with Crippen LogP contribution in [0.4, 0.5) is 11.8 Å². The number of aryl methyl sites for hydroxylation is 1. The Kier molecular flexibility index (Phi) is 2.51. The first-order valence-electron chi connectivity index (χ1n) is 6.86. The molecule has 2 aromatic rings. The van der Waals surface area contributed by atoms with Crippen LogP contribution in [0, 0.1) is 0 Å². The fourth-order valence-corrected chi connectivity index (χ4v) is 2.76. The van der Waals surface area contributed by atoms with Crippen LogP contribution in [-0.4, -0.2) is 52.9 Å². The Morgan fingerprint density at radius 2 is 1.95 bits per heavy atom. The molecule has 4 rings (SSSR count). The molecular formula is C12H17N7. The number of aromatic nitrogens is 4. The summed E-state index contributed by atoms with van der Waals surface area (Å²) in [6, 6.07) is 0. The third-order valence-corrected chi connectivity index (χ3v) is 3.77. The van der Waals surface area contributed by atoms with E-state index in [4.69, 9.17) is 4.98 Å². The Bertz CT molecular complexity index is 599. The lowest BCUT2D eigenvalue weighted by atomic mass is 10.2. The van der Waals surface area contributed by atoms with Crippen molar-refractivity contribution < 1.29 is 0 Å². The van der Waals surface area contributed by atoms with Gasteiger partial charge in [0, 0.05) is 38.4 Å². The third-order valence-electron chi connectivity index (χ3n) is 3.77. The highest BCUT2D eigenvalue weighted by atomic mass is 15.3. The average molecular weight is 259 g/mol. The lowest BCUT2D eigenvalue weighted by Gasteiger charge is -2.27. The second kappa shape index (κ2) is 4.34. The second-order valence-electron chi connectivity index (χ2n) is 5.04. The van der Waals surface area contributed by atoms with Gasteiger partial charge in [-0.25, -0.2) is 0 Å². The highest BCUT2D eigenvalue weighted by Gasteiger charge is 2.20. The van der Waals surface area contributed by atoms with Crippen LogP contribution >= 0.6 is 0 Å². The molecule has 1 fully saturated rings. The zero-order valence-electron chi connectivity index (χ0n) is 10.7. The fraction of sp³-hybridized carbons (Fsp3) is 0.583. The first-order valence-corrected chi connectivity index (χ1v) is 6.86. The molecule has 0 bridgehead atoms. The van der Waals surface area contributed by atoms with E-state index in [1.54, 1.807) is 0 Å². The average Bonchev–Trinajstić information content (AvgIpc) is 2.75. The van der Waals surface area contributed by atoms with Crippen molar-refractivity contribution in [3.05, 3.63) is 5.69 Å². The molecule has 0 radical (unpaired) electrons. The summed E-state index contributed by atoms with van der Waals surface area (Å²) in [7, 11) is 0. The Morgan fingerprint density at radius 1 is 1.05 bits per heavy atom. The van der Waals surface area contributed by atoms with Gasteiger partial charge in [0.05, 0.1) is 5.39 Å². The summed E-state index contributed by atoms with van der Waals surface area (Å²) < 4.78 is 0. The van der Waals surface area contributed by atoms with Crippen molar-refractivity contribution in [3.63, 3.8) is 0 Å². The van der Waals surface area contributed by atoms with Crippen molar-refractivity contribution in [2.75, 3.05) is 42.9 Å². The van der Waals surface area contributed by atoms with Crippen molar-refractivity contribution in [3.8, 4) is 0 Å². The van der Waals surface area contributed by atoms with Gasteiger partial charge >= 0.3 is 0 Å². The van der Waals surface area contributed by atoms with Gasteiger partial charge in [-0.3, -0.25) is 5.10 Å². The molecular weight excluding hydrogens is 242 g/mol. The predicted octanol–water partition coefficient (Wildman–Crippen LogP) is 0.121. The molecule has 7 nitrogen and oxygen atoms in total. The number of hydrogen-bond acceptors (Lipinski definition) is 6. The summed E-state index contributed by atoms with van der Waals surface area (Å²) >= 11 is 0. The predicted molar refractivity (Wildman–Crippen MR) is 73.6 cm³/mol. The van der Waals surface area contributed by atoms with Crippen LogP contribution in [0.2, 0.25) is 0 Å². The molecule has 0 saturated carbocycles. The van der Waals surface area contributed by atoms with E-state index in [1.165, 1.54) is 0 Å². The Labute approximate surface area is 110 Å². The van der Waals surface area contributed by atoms with Gasteiger partial charge in [-0.2, -0.15) is 15.1 Å². The van der Waals surface area contributed by atoms with Gasteiger partial charge in [0.15, 0.2) is 5.65 Å². The third kappa shape index (κ3) is 1.81. The van der Waals surface area contributed by atoms with Gasteiger partial charge in [-0.1, -0.05) is 0 Å². The van der Waals surface area contributed by atoms with Crippen molar-refractivity contribution >= 4 is 22.8 Å². The van der Waals surface area contributed by atoms with E-state index in [0.717, 1.165) is 74.1 Å². The number of piperazine rings is 1. The summed E-state index contributed by atoms with van der Waals surface area (Å²) in [5.74, 6) is 1.72. The second-order valence-corrected chi connectivity index (χ2v) is 5.04. The van der Waals surface area contributed by atoms with E-state index < -0.39 is 0 Å². The maximum atomic E-state index is 4.70. The van der Waals surface area contributed by atoms with Crippen molar-refractivity contribution in [2.45, 2.75) is 12.8 Å². The van der Waals surface area contributed by atoms with Crippen LogP contribution in [0.1, 0.15) is 12.1 Å². The zero-order chi connectivity index (χ0) is 12.7. The molecule has 19 heavy (non-hydrogen) atoms. The molecule has 2 aliphatic heterocycles. The van der Waals surface area contributed by atoms with Crippen LogP contribution < -0.4 is 15.5 Å². The molecule has 0 unspecified atom stereocenters. The standard InChI is InChI=1S/C12H17N7/c1-2-8-9-10(14-3-1)15-12(16-11(9)18-17-8)19-6-4-13-5-7-19/h13H,1-7H2,(H2,14,15,16,17,18). The topological polar surface area (TPSA) is 81.8 Å². The monoisotopic (exact) mass is 259 g/mol. The summed E-state index contributed by atoms with van der Waals surface area (Å²) in [4.78, 5) is 11.5. The van der Waals surface area contributed by atoms with Crippen LogP contribution in [0.25, 0.3) is 11.0 Å². The molecule has 100 valence electrons. The molecule has 0 aromatic carbocycles. The van der Waals surface area contributed by atoms with Crippen molar-refractivity contribution in [1.29, 1.82) is 0 Å². The van der Waals surface area contributed by atoms with Crippen molar-refractivity contribution in [1.82, 2.24) is 25.5 Å². The number of anilines is 2. The zero-order valence-corrected chi connectivity index (χ0v) is 10.7. The number of rotatable bonds is 1. The first kappa shape index (κ1) is 11.0. The molecule has 0 spiro atoms. The lowest BCUT2D eigenvalue weighted by Crippen LogP contribution is -2.44. The van der Waals surface area contributed by atoms with E-state index in [2.05, 4.69) is 30.7 Å². The van der Waals surface area contributed by atoms with Gasteiger partial charge in [-0.05, 0) is 12.8 Å². The summed E-state index contributed by atoms with van der Waals surface area (Å²) in [5.41, 5.74) is 1.93. The van der Waals surface area contributed by atoms with E-state index in [1.807, 2.05) is 0 Å². The minimum absolute atomic E-state index is 0.780. The maximum absolute atomic E-state index is 4.70. The van der Waals surface area contributed by atoms with Gasteiger partial charge < -0.3 is 15.5 Å². The first-order chi connectivity index (χ1) is 9.42. The largest absolute Gasteiger partial charge is 0.369 e. The van der Waals surface area contributed by atoms with Gasteiger partial charge in [0.25, 0.3) is 0 Å². The molecule has 0 aliphatic carbocycles. The van der Waals surface area contributed by atoms with E-state index in [9.17, 15) is 0 Å². The molecule has 0 amide bonds. The van der Waals surface area contributed by atoms with E-state index in [-0.39, 0.29) is 0 Å². The van der Waals surface area contributed by atoms with Crippen LogP contribution in [0.3, 0.4) is 0 Å². The molecule has 7 heteroatoms. The molecule has 0 atom stereocenters. The number of H-pyrrole nitrogens is 1. The minimum Gasteiger partial charge on any atom is -0.369 e. The van der Waals surface area contributed by atoms with Gasteiger partial charge in [-0.15, -0.1) is 0 Å². The molecule has 1 saturated heterocycles. The summed E-state index contributed by atoms with van der Waals surface area (Å²) in [5, 5.41) is 15.2. The maximum Gasteiger partial charge on any atom is 0.229 e. The molecule has 2 aliphatic rings. The van der Waals surface area contributed by atoms with Crippen molar-refractivity contribution in [2.24, 2.45) is 0 Å². The quantitative estimate of drug-likeness (QED) is 0.675. The smallest absolute Gasteiger partial charge is 0.229 e.